The van der Waals surface area contributed by atoms with Crippen molar-refractivity contribution in [2.75, 3.05) is 11.9 Å². The van der Waals surface area contributed by atoms with Gasteiger partial charge in [0.15, 0.2) is 0 Å². The van der Waals surface area contributed by atoms with E-state index >= 15 is 0 Å². The van der Waals surface area contributed by atoms with E-state index in [1.807, 2.05) is 30.3 Å². The summed E-state index contributed by atoms with van der Waals surface area (Å²) in [5, 5.41) is 14.4. The maximum Gasteiger partial charge on any atom is 0.325 e. The van der Waals surface area contributed by atoms with Crippen molar-refractivity contribution in [2.45, 2.75) is 24.8 Å². The zero-order valence-electron chi connectivity index (χ0n) is 15.1. The molecule has 0 aromatic heterocycles. The van der Waals surface area contributed by atoms with Crippen LogP contribution in [0.4, 0.5) is 10.5 Å². The Morgan fingerprint density at radius 2 is 2.04 bits per heavy atom. The Balaban J connectivity index is 1.54. The third kappa shape index (κ3) is 2.89. The molecule has 1 spiro atoms. The van der Waals surface area contributed by atoms with Crippen LogP contribution in [-0.2, 0) is 21.5 Å². The summed E-state index contributed by atoms with van der Waals surface area (Å²) in [5.41, 5.74) is 1.61. The van der Waals surface area contributed by atoms with Gasteiger partial charge in [-0.25, -0.2) is 4.79 Å². The number of carbonyl (C=O) groups is 3. The Labute approximate surface area is 161 Å². The first-order valence-electron chi connectivity index (χ1n) is 9.06. The summed E-state index contributed by atoms with van der Waals surface area (Å²) in [6, 6.07) is 15.5. The van der Waals surface area contributed by atoms with Crippen LogP contribution in [0.25, 0.3) is 0 Å². The molecule has 2 aromatic rings. The Morgan fingerprint density at radius 1 is 1.21 bits per heavy atom. The maximum absolute atomic E-state index is 13.2. The van der Waals surface area contributed by atoms with Crippen LogP contribution in [0, 0.1) is 11.3 Å². The number of fused-ring (bicyclic) bond motifs is 2. The Morgan fingerprint density at radius 3 is 2.86 bits per heavy atom. The van der Waals surface area contributed by atoms with Gasteiger partial charge in [-0.1, -0.05) is 30.3 Å². The zero-order chi connectivity index (χ0) is 19.7. The van der Waals surface area contributed by atoms with Crippen LogP contribution in [0.5, 0.6) is 0 Å². The van der Waals surface area contributed by atoms with Crippen LogP contribution < -0.4 is 10.6 Å². The largest absolute Gasteiger partial charge is 0.325 e. The summed E-state index contributed by atoms with van der Waals surface area (Å²) in [6.07, 6.45) is 2.15. The van der Waals surface area contributed by atoms with Gasteiger partial charge in [-0.05, 0) is 48.6 Å². The van der Waals surface area contributed by atoms with Gasteiger partial charge in [0.1, 0.15) is 12.1 Å². The van der Waals surface area contributed by atoms with E-state index in [0.717, 1.165) is 28.9 Å². The highest BCUT2D eigenvalue weighted by Crippen LogP contribution is 2.39. The average Bonchev–Trinajstić information content (AvgIpc) is 2.93. The molecule has 1 heterocycles. The Bertz CT molecular complexity index is 1030. The molecule has 0 saturated carbocycles. The first kappa shape index (κ1) is 17.7. The Kier molecular flexibility index (Phi) is 4.32. The van der Waals surface area contributed by atoms with Crippen LogP contribution in [0.1, 0.15) is 29.5 Å². The average molecular weight is 374 g/mol. The molecule has 7 heteroatoms. The fourth-order valence-electron chi connectivity index (χ4n) is 3.97. The lowest BCUT2D eigenvalue weighted by Crippen LogP contribution is -2.47. The van der Waals surface area contributed by atoms with Crippen LogP contribution >= 0.6 is 0 Å². The lowest BCUT2D eigenvalue weighted by atomic mass is 9.76. The molecular formula is C21H18N4O3. The molecule has 1 aliphatic carbocycles. The van der Waals surface area contributed by atoms with Crippen molar-refractivity contribution in [2.24, 2.45) is 0 Å². The number of nitrogens with one attached hydrogen (secondary N) is 2. The van der Waals surface area contributed by atoms with E-state index in [2.05, 4.69) is 10.6 Å². The van der Waals surface area contributed by atoms with Gasteiger partial charge in [-0.15, -0.1) is 0 Å². The van der Waals surface area contributed by atoms with Crippen LogP contribution in [-0.4, -0.2) is 29.3 Å². The number of amides is 4. The van der Waals surface area contributed by atoms with Crippen LogP contribution in [0.15, 0.2) is 48.5 Å². The van der Waals surface area contributed by atoms with Crippen molar-refractivity contribution in [3.8, 4) is 6.07 Å². The zero-order valence-corrected chi connectivity index (χ0v) is 15.1. The number of carbonyl (C=O) groups excluding carboxylic acids is 3. The van der Waals surface area contributed by atoms with Crippen LogP contribution in [0.2, 0.25) is 0 Å². The molecule has 0 radical (unpaired) electrons. The maximum atomic E-state index is 13.2. The topological polar surface area (TPSA) is 102 Å². The summed E-state index contributed by atoms with van der Waals surface area (Å²) in [4.78, 5) is 39.1. The summed E-state index contributed by atoms with van der Waals surface area (Å²) >= 11 is 0. The third-order valence-corrected chi connectivity index (χ3v) is 5.23. The third-order valence-electron chi connectivity index (χ3n) is 5.23. The van der Waals surface area contributed by atoms with Gasteiger partial charge in [-0.2, -0.15) is 5.26 Å². The molecular weight excluding hydrogens is 356 g/mol. The predicted octanol–water partition coefficient (Wildman–Crippen LogP) is 2.28. The van der Waals surface area contributed by atoms with Gasteiger partial charge in [0.05, 0.1) is 11.6 Å². The van der Waals surface area contributed by atoms with Crippen molar-refractivity contribution in [1.29, 1.82) is 5.26 Å². The fraction of sp³-hybridized carbons (Fsp3) is 0.238. The molecule has 4 amide bonds. The number of anilines is 1. The second-order valence-electron chi connectivity index (χ2n) is 6.98. The van der Waals surface area contributed by atoms with Crippen molar-refractivity contribution >= 4 is 23.5 Å². The van der Waals surface area contributed by atoms with E-state index in [1.54, 1.807) is 18.2 Å². The number of nitriles is 1. The van der Waals surface area contributed by atoms with E-state index in [-0.39, 0.29) is 6.54 Å². The van der Waals surface area contributed by atoms with Gasteiger partial charge in [-0.3, -0.25) is 14.5 Å². The highest BCUT2D eigenvalue weighted by molar-refractivity contribution is 6.10. The van der Waals surface area contributed by atoms with E-state index in [0.29, 0.717) is 17.7 Å². The number of hydrogen-bond donors (Lipinski definition) is 2. The standard InChI is InChI=1S/C21H18N4O3/c22-12-14-5-3-8-16(11-14)23-18(26)13-25-19(27)21(24-20(25)28)10-4-7-15-6-1-2-9-17(15)21/h1-3,5-6,8-9,11H,4,7,10,13H2,(H,23,26)(H,24,28)/t21-/m0/s1. The summed E-state index contributed by atoms with van der Waals surface area (Å²) < 4.78 is 0. The molecule has 140 valence electrons. The highest BCUT2D eigenvalue weighted by atomic mass is 16.2. The molecule has 1 atom stereocenters. The number of rotatable bonds is 3. The predicted molar refractivity (Wildman–Crippen MR) is 101 cm³/mol. The van der Waals surface area contributed by atoms with E-state index in [4.69, 9.17) is 5.26 Å². The smallest absolute Gasteiger partial charge is 0.324 e. The lowest BCUT2D eigenvalue weighted by molar-refractivity contribution is -0.134. The van der Waals surface area contributed by atoms with Gasteiger partial charge in [0.2, 0.25) is 5.91 Å². The lowest BCUT2D eigenvalue weighted by Gasteiger charge is -2.33. The number of nitrogens with zero attached hydrogens (tertiary/aromatic N) is 2. The van der Waals surface area contributed by atoms with E-state index in [1.165, 1.54) is 6.07 Å². The SMILES string of the molecule is N#Cc1cccc(NC(=O)CN2C(=O)N[C@]3(CCCc4ccccc43)C2=O)c1. The van der Waals surface area contributed by atoms with Crippen molar-refractivity contribution in [3.05, 3.63) is 65.2 Å². The molecule has 0 unspecified atom stereocenters. The molecule has 28 heavy (non-hydrogen) atoms. The molecule has 2 aliphatic rings. The minimum atomic E-state index is -1.09. The summed E-state index contributed by atoms with van der Waals surface area (Å²) in [5.74, 6) is -0.898. The second kappa shape index (κ2) is 6.82. The van der Waals surface area contributed by atoms with Gasteiger partial charge < -0.3 is 10.6 Å². The summed E-state index contributed by atoms with van der Waals surface area (Å²) in [6.45, 7) is -0.384. The molecule has 2 N–H and O–H groups in total. The highest BCUT2D eigenvalue weighted by Gasteiger charge is 2.54. The Hall–Kier alpha value is -3.66. The second-order valence-corrected chi connectivity index (χ2v) is 6.98. The van der Waals surface area contributed by atoms with E-state index < -0.39 is 23.4 Å². The van der Waals surface area contributed by atoms with Gasteiger partial charge in [0, 0.05) is 5.69 Å². The fourth-order valence-corrected chi connectivity index (χ4v) is 3.97. The first-order valence-corrected chi connectivity index (χ1v) is 9.06. The monoisotopic (exact) mass is 374 g/mol. The molecule has 1 aliphatic heterocycles. The number of urea groups is 1. The quantitative estimate of drug-likeness (QED) is 0.805. The van der Waals surface area contributed by atoms with Crippen molar-refractivity contribution in [1.82, 2.24) is 10.2 Å². The van der Waals surface area contributed by atoms with Crippen molar-refractivity contribution in [3.63, 3.8) is 0 Å². The molecule has 1 fully saturated rings. The molecule has 4 rings (SSSR count). The minimum Gasteiger partial charge on any atom is -0.324 e. The normalized spacial score (nSPS) is 20.5. The van der Waals surface area contributed by atoms with Crippen LogP contribution in [0.3, 0.4) is 0 Å². The number of benzene rings is 2. The van der Waals surface area contributed by atoms with Gasteiger partial charge >= 0.3 is 6.03 Å². The molecule has 7 nitrogen and oxygen atoms in total. The number of imide groups is 1. The molecule has 1 saturated heterocycles. The van der Waals surface area contributed by atoms with E-state index in [9.17, 15) is 14.4 Å². The van der Waals surface area contributed by atoms with Crippen molar-refractivity contribution < 1.29 is 14.4 Å². The molecule has 2 aromatic carbocycles. The number of hydrogen-bond acceptors (Lipinski definition) is 4. The molecule has 0 bridgehead atoms. The first-order chi connectivity index (χ1) is 13.5. The van der Waals surface area contributed by atoms with Gasteiger partial charge in [0.25, 0.3) is 5.91 Å². The number of aryl methyl sites for hydroxylation is 1. The minimum absolute atomic E-state index is 0.384. The summed E-state index contributed by atoms with van der Waals surface area (Å²) in [7, 11) is 0.